The average Bonchev–Trinajstić information content (AvgIpc) is 3.16. The van der Waals surface area contributed by atoms with Crippen LogP contribution in [-0.2, 0) is 19.5 Å². The molecule has 0 saturated carbocycles. The maximum atomic E-state index is 12.5. The molecule has 2 rings (SSSR count). The minimum atomic E-state index is -0.169. The number of hydrogen-bond donors (Lipinski definition) is 1. The van der Waals surface area contributed by atoms with Gasteiger partial charge >= 0.3 is 6.03 Å². The lowest BCUT2D eigenvalue weighted by Crippen LogP contribution is -2.50. The van der Waals surface area contributed by atoms with Gasteiger partial charge in [0.05, 0.1) is 18.9 Å². The fourth-order valence-corrected chi connectivity index (χ4v) is 2.18. The van der Waals surface area contributed by atoms with Gasteiger partial charge in [-0.15, -0.1) is 0 Å². The largest absolute Gasteiger partial charge is 0.339 e. The highest BCUT2D eigenvalue weighted by molar-refractivity contribution is 5.74. The molecule has 132 valence electrons. The molecule has 0 spiro atoms. The van der Waals surface area contributed by atoms with Gasteiger partial charge in [-0.2, -0.15) is 4.98 Å². The second-order valence-electron chi connectivity index (χ2n) is 6.94. The summed E-state index contributed by atoms with van der Waals surface area (Å²) in [4.78, 5) is 22.3. The first-order valence-corrected chi connectivity index (χ1v) is 8.08. The van der Waals surface area contributed by atoms with Crippen LogP contribution in [0.15, 0.2) is 23.2 Å². The summed E-state index contributed by atoms with van der Waals surface area (Å²) in [5.74, 6) is 1.08. The highest BCUT2D eigenvalue weighted by atomic mass is 16.5. The number of nitrogens with one attached hydrogen (secondary N) is 1. The molecule has 2 amide bonds. The number of aromatic nitrogens is 4. The van der Waals surface area contributed by atoms with Gasteiger partial charge in [-0.3, -0.25) is 0 Å². The number of urea groups is 1. The third-order valence-corrected chi connectivity index (χ3v) is 3.83. The molecule has 0 fully saturated rings. The molecule has 2 heterocycles. The quantitative estimate of drug-likeness (QED) is 0.873. The molecule has 1 atom stereocenters. The Hall–Kier alpha value is -2.38. The Morgan fingerprint density at radius 2 is 2.21 bits per heavy atom. The van der Waals surface area contributed by atoms with Crippen molar-refractivity contribution >= 4 is 6.03 Å². The van der Waals surface area contributed by atoms with Gasteiger partial charge in [0, 0.05) is 32.4 Å². The normalized spacial score (nSPS) is 12.9. The van der Waals surface area contributed by atoms with Gasteiger partial charge in [-0.25, -0.2) is 9.78 Å². The van der Waals surface area contributed by atoms with Crippen molar-refractivity contribution in [1.29, 1.82) is 0 Å². The summed E-state index contributed by atoms with van der Waals surface area (Å²) in [5.41, 5.74) is -0.0949. The van der Waals surface area contributed by atoms with Crippen molar-refractivity contribution in [3.05, 3.63) is 30.4 Å². The van der Waals surface area contributed by atoms with Crippen LogP contribution >= 0.6 is 0 Å². The van der Waals surface area contributed by atoms with Crippen molar-refractivity contribution in [2.75, 3.05) is 7.05 Å². The Morgan fingerprint density at radius 1 is 1.46 bits per heavy atom. The highest BCUT2D eigenvalue weighted by Gasteiger charge is 2.28. The van der Waals surface area contributed by atoms with Crippen molar-refractivity contribution in [3.63, 3.8) is 0 Å². The van der Waals surface area contributed by atoms with Gasteiger partial charge in [0.2, 0.25) is 5.89 Å². The SMILES string of the molecule is CCc1nc(CN(C)C(=O)NC(Cn2ccnc2)C(C)(C)C)no1. The molecule has 0 bridgehead atoms. The summed E-state index contributed by atoms with van der Waals surface area (Å²) >= 11 is 0. The molecule has 8 heteroatoms. The molecule has 2 aromatic heterocycles. The van der Waals surface area contributed by atoms with E-state index in [4.69, 9.17) is 4.52 Å². The summed E-state index contributed by atoms with van der Waals surface area (Å²) in [5, 5.41) is 6.97. The lowest BCUT2D eigenvalue weighted by Gasteiger charge is -2.33. The first-order valence-electron chi connectivity index (χ1n) is 8.08. The van der Waals surface area contributed by atoms with Crippen LogP contribution in [0.5, 0.6) is 0 Å². The first-order chi connectivity index (χ1) is 11.3. The van der Waals surface area contributed by atoms with Gasteiger partial charge in [-0.1, -0.05) is 32.9 Å². The van der Waals surface area contributed by atoms with Crippen molar-refractivity contribution < 1.29 is 9.32 Å². The van der Waals surface area contributed by atoms with Crippen molar-refractivity contribution in [3.8, 4) is 0 Å². The van der Waals surface area contributed by atoms with Crippen LogP contribution in [0.3, 0.4) is 0 Å². The van der Waals surface area contributed by atoms with Crippen molar-refractivity contribution in [1.82, 2.24) is 29.9 Å². The predicted molar refractivity (Wildman–Crippen MR) is 89.1 cm³/mol. The van der Waals surface area contributed by atoms with E-state index in [1.54, 1.807) is 24.5 Å². The average molecular weight is 334 g/mol. The molecule has 1 unspecified atom stereocenters. The second-order valence-corrected chi connectivity index (χ2v) is 6.94. The Labute approximate surface area is 142 Å². The van der Waals surface area contributed by atoms with Gasteiger partial charge < -0.3 is 19.3 Å². The number of amides is 2. The van der Waals surface area contributed by atoms with Crippen LogP contribution in [0.25, 0.3) is 0 Å². The summed E-state index contributed by atoms with van der Waals surface area (Å²) in [6.07, 6.45) is 6.05. The number of carbonyl (C=O) groups is 1. The summed E-state index contributed by atoms with van der Waals surface area (Å²) in [7, 11) is 1.72. The number of nitrogens with zero attached hydrogens (tertiary/aromatic N) is 5. The lowest BCUT2D eigenvalue weighted by atomic mass is 9.86. The van der Waals surface area contributed by atoms with Gasteiger partial charge in [-0.05, 0) is 5.41 Å². The third-order valence-electron chi connectivity index (χ3n) is 3.83. The molecule has 0 saturated heterocycles. The van der Waals surface area contributed by atoms with E-state index in [2.05, 4.69) is 41.2 Å². The van der Waals surface area contributed by atoms with Crippen LogP contribution in [0, 0.1) is 5.41 Å². The molecule has 0 aliphatic carbocycles. The monoisotopic (exact) mass is 334 g/mol. The molecule has 0 aliphatic rings. The van der Waals surface area contributed by atoms with Crippen LogP contribution < -0.4 is 5.32 Å². The number of imidazole rings is 1. The fourth-order valence-electron chi connectivity index (χ4n) is 2.18. The highest BCUT2D eigenvalue weighted by Crippen LogP contribution is 2.21. The number of aryl methyl sites for hydroxylation is 1. The number of hydrogen-bond acceptors (Lipinski definition) is 5. The van der Waals surface area contributed by atoms with E-state index < -0.39 is 0 Å². The zero-order valence-corrected chi connectivity index (χ0v) is 15.0. The minimum absolute atomic E-state index is 0.0434. The van der Waals surface area contributed by atoms with Crippen LogP contribution in [0.1, 0.15) is 39.4 Å². The van der Waals surface area contributed by atoms with Crippen LogP contribution in [0.4, 0.5) is 4.79 Å². The second kappa shape index (κ2) is 7.46. The molecular formula is C16H26N6O2. The smallest absolute Gasteiger partial charge is 0.317 e. The molecule has 2 aromatic rings. The summed E-state index contributed by atoms with van der Waals surface area (Å²) in [6, 6.07) is -0.212. The van der Waals surface area contributed by atoms with Crippen molar-refractivity contribution in [2.45, 2.75) is 53.2 Å². The maximum Gasteiger partial charge on any atom is 0.317 e. The topological polar surface area (TPSA) is 89.1 Å². The molecule has 0 aromatic carbocycles. The van der Waals surface area contributed by atoms with E-state index in [0.717, 1.165) is 0 Å². The third kappa shape index (κ3) is 4.81. The predicted octanol–water partition coefficient (Wildman–Crippen LogP) is 2.08. The Kier molecular flexibility index (Phi) is 5.58. The van der Waals surface area contributed by atoms with E-state index in [0.29, 0.717) is 31.2 Å². The van der Waals surface area contributed by atoms with Crippen molar-refractivity contribution in [2.24, 2.45) is 5.41 Å². The first kappa shape index (κ1) is 18.0. The van der Waals surface area contributed by atoms with E-state index in [1.807, 2.05) is 17.7 Å². The summed E-state index contributed by atoms with van der Waals surface area (Å²) in [6.45, 7) is 9.20. The zero-order chi connectivity index (χ0) is 17.7. The minimum Gasteiger partial charge on any atom is -0.339 e. The Morgan fingerprint density at radius 3 is 2.75 bits per heavy atom. The molecule has 24 heavy (non-hydrogen) atoms. The van der Waals surface area contributed by atoms with Gasteiger partial charge in [0.15, 0.2) is 5.82 Å². The Bertz CT molecular complexity index is 644. The van der Waals surface area contributed by atoms with E-state index in [9.17, 15) is 4.79 Å². The van der Waals surface area contributed by atoms with Gasteiger partial charge in [0.1, 0.15) is 0 Å². The molecule has 1 N–H and O–H groups in total. The molecule has 0 aliphatic heterocycles. The fraction of sp³-hybridized carbons (Fsp3) is 0.625. The van der Waals surface area contributed by atoms with Crippen LogP contribution in [0.2, 0.25) is 0 Å². The molecule has 8 nitrogen and oxygen atoms in total. The van der Waals surface area contributed by atoms with E-state index in [-0.39, 0.29) is 17.5 Å². The maximum absolute atomic E-state index is 12.5. The Balaban J connectivity index is 1.98. The van der Waals surface area contributed by atoms with E-state index >= 15 is 0 Å². The van der Waals surface area contributed by atoms with E-state index in [1.165, 1.54) is 0 Å². The zero-order valence-electron chi connectivity index (χ0n) is 15.0. The summed E-state index contributed by atoms with van der Waals surface area (Å²) < 4.78 is 7.03. The molecule has 0 radical (unpaired) electrons. The number of carbonyl (C=O) groups excluding carboxylic acids is 1. The standard InChI is InChI=1S/C16H26N6O2/c1-6-14-19-13(20-24-14)10-21(5)15(23)18-12(16(2,3)4)9-22-8-7-17-11-22/h7-8,11-12H,6,9-10H2,1-5H3,(H,18,23). The molecular weight excluding hydrogens is 308 g/mol. The van der Waals surface area contributed by atoms with Gasteiger partial charge in [0.25, 0.3) is 0 Å². The number of rotatable bonds is 6. The lowest BCUT2D eigenvalue weighted by molar-refractivity contribution is 0.180. The van der Waals surface area contributed by atoms with Crippen LogP contribution in [-0.4, -0.2) is 43.7 Å².